The molecule has 6 nitrogen and oxygen atoms in total. The maximum absolute atomic E-state index is 12.4. The second kappa shape index (κ2) is 7.09. The van der Waals surface area contributed by atoms with E-state index in [1.165, 1.54) is 6.20 Å². The normalized spacial score (nSPS) is 12.0. The third kappa shape index (κ3) is 3.59. The van der Waals surface area contributed by atoms with E-state index >= 15 is 0 Å². The summed E-state index contributed by atoms with van der Waals surface area (Å²) >= 11 is 0. The number of carbonyl (C=O) groups is 2. The van der Waals surface area contributed by atoms with Crippen molar-refractivity contribution < 1.29 is 14.7 Å². The average molecular weight is 315 g/mol. The molecule has 0 saturated heterocycles. The zero-order valence-corrected chi connectivity index (χ0v) is 13.5. The zero-order chi connectivity index (χ0) is 17.0. The number of nitrogens with one attached hydrogen (secondary N) is 1. The van der Waals surface area contributed by atoms with Gasteiger partial charge < -0.3 is 10.4 Å². The number of amides is 1. The molecule has 0 radical (unpaired) electrons. The predicted octanol–water partition coefficient (Wildman–Crippen LogP) is 2.47. The van der Waals surface area contributed by atoms with Gasteiger partial charge in [0.25, 0.3) is 5.91 Å². The van der Waals surface area contributed by atoms with Gasteiger partial charge in [-0.25, -0.2) is 9.48 Å². The standard InChI is InChI=1S/C17H21N3O3/c1-4-7-14(17(22)23)19-16(21)13-10-18-20(12(13)3)15-9-6-5-8-11(15)2/h5-6,8-10,14H,4,7H2,1-3H3,(H,19,21)(H,22,23). The topological polar surface area (TPSA) is 84.2 Å². The summed E-state index contributed by atoms with van der Waals surface area (Å²) < 4.78 is 1.69. The van der Waals surface area contributed by atoms with E-state index in [0.29, 0.717) is 24.1 Å². The van der Waals surface area contributed by atoms with Gasteiger partial charge in [0.05, 0.1) is 23.1 Å². The van der Waals surface area contributed by atoms with Crippen LogP contribution in [0.25, 0.3) is 5.69 Å². The number of aryl methyl sites for hydroxylation is 1. The number of nitrogens with zero attached hydrogens (tertiary/aromatic N) is 2. The average Bonchev–Trinajstić information content (AvgIpc) is 2.89. The molecule has 0 saturated carbocycles. The smallest absolute Gasteiger partial charge is 0.326 e. The van der Waals surface area contributed by atoms with Gasteiger partial charge in [-0.15, -0.1) is 0 Å². The summed E-state index contributed by atoms with van der Waals surface area (Å²) in [6.07, 6.45) is 2.55. The summed E-state index contributed by atoms with van der Waals surface area (Å²) in [6.45, 7) is 5.64. The van der Waals surface area contributed by atoms with Crippen LogP contribution < -0.4 is 5.32 Å². The highest BCUT2D eigenvalue weighted by molar-refractivity contribution is 5.97. The Labute approximate surface area is 135 Å². The molecule has 1 aromatic carbocycles. The minimum Gasteiger partial charge on any atom is -0.480 e. The minimum atomic E-state index is -1.02. The van der Waals surface area contributed by atoms with E-state index in [2.05, 4.69) is 10.4 Å². The van der Waals surface area contributed by atoms with E-state index in [4.69, 9.17) is 5.11 Å². The Morgan fingerprint density at radius 2 is 2.00 bits per heavy atom. The molecule has 1 aromatic heterocycles. The summed E-state index contributed by atoms with van der Waals surface area (Å²) in [5.74, 6) is -1.44. The van der Waals surface area contributed by atoms with E-state index in [1.807, 2.05) is 38.1 Å². The van der Waals surface area contributed by atoms with Gasteiger partial charge in [0.1, 0.15) is 6.04 Å². The van der Waals surface area contributed by atoms with Gasteiger partial charge in [0.2, 0.25) is 0 Å². The number of hydrogen-bond acceptors (Lipinski definition) is 3. The second-order valence-corrected chi connectivity index (χ2v) is 5.49. The summed E-state index contributed by atoms with van der Waals surface area (Å²) in [6, 6.07) is 6.86. The van der Waals surface area contributed by atoms with Crippen LogP contribution in [0.4, 0.5) is 0 Å². The van der Waals surface area contributed by atoms with Crippen molar-refractivity contribution in [3.8, 4) is 5.69 Å². The molecule has 1 amide bonds. The number of hydrogen-bond donors (Lipinski definition) is 2. The van der Waals surface area contributed by atoms with Gasteiger partial charge >= 0.3 is 5.97 Å². The fourth-order valence-electron chi connectivity index (χ4n) is 2.46. The lowest BCUT2D eigenvalue weighted by molar-refractivity contribution is -0.139. The molecule has 2 rings (SSSR count). The SMILES string of the molecule is CCCC(NC(=O)c1cnn(-c2ccccc2C)c1C)C(=O)O. The molecule has 6 heteroatoms. The van der Waals surface area contributed by atoms with Crippen LogP contribution >= 0.6 is 0 Å². The molecule has 0 aliphatic carbocycles. The van der Waals surface area contributed by atoms with Crippen LogP contribution in [0.1, 0.15) is 41.4 Å². The Kier molecular flexibility index (Phi) is 5.16. The van der Waals surface area contributed by atoms with Gasteiger partial charge in [-0.2, -0.15) is 5.10 Å². The quantitative estimate of drug-likeness (QED) is 0.857. The molecule has 2 N–H and O–H groups in total. The van der Waals surface area contributed by atoms with Crippen molar-refractivity contribution in [2.24, 2.45) is 0 Å². The Morgan fingerprint density at radius 1 is 1.30 bits per heavy atom. The molecule has 0 bridgehead atoms. The van der Waals surface area contributed by atoms with Crippen LogP contribution in [0.15, 0.2) is 30.5 Å². The summed E-state index contributed by atoms with van der Waals surface area (Å²) in [7, 11) is 0. The van der Waals surface area contributed by atoms with Crippen LogP contribution in [0.3, 0.4) is 0 Å². The first kappa shape index (κ1) is 16.7. The fraction of sp³-hybridized carbons (Fsp3) is 0.353. The molecule has 23 heavy (non-hydrogen) atoms. The first-order valence-electron chi connectivity index (χ1n) is 7.60. The van der Waals surface area contributed by atoms with Crippen molar-refractivity contribution in [3.63, 3.8) is 0 Å². The molecule has 2 aromatic rings. The molecular weight excluding hydrogens is 294 g/mol. The van der Waals surface area contributed by atoms with Crippen LogP contribution in [0, 0.1) is 13.8 Å². The largest absolute Gasteiger partial charge is 0.480 e. The van der Waals surface area contributed by atoms with E-state index < -0.39 is 17.9 Å². The molecule has 1 atom stereocenters. The molecule has 0 aliphatic rings. The Hall–Kier alpha value is -2.63. The molecular formula is C17H21N3O3. The van der Waals surface area contributed by atoms with Crippen LogP contribution in [0.5, 0.6) is 0 Å². The van der Waals surface area contributed by atoms with E-state index in [1.54, 1.807) is 11.6 Å². The van der Waals surface area contributed by atoms with Crippen LogP contribution in [0.2, 0.25) is 0 Å². The number of carboxylic acid groups (broad SMARTS) is 1. The Morgan fingerprint density at radius 3 is 2.61 bits per heavy atom. The molecule has 0 fully saturated rings. The number of aliphatic carboxylic acids is 1. The maximum atomic E-state index is 12.4. The van der Waals surface area contributed by atoms with Crippen molar-refractivity contribution >= 4 is 11.9 Å². The van der Waals surface area contributed by atoms with Gasteiger partial charge in [0.15, 0.2) is 0 Å². The van der Waals surface area contributed by atoms with Crippen molar-refractivity contribution in [3.05, 3.63) is 47.3 Å². The first-order chi connectivity index (χ1) is 11.0. The number of rotatable bonds is 6. The van der Waals surface area contributed by atoms with Crippen molar-refractivity contribution in [2.75, 3.05) is 0 Å². The predicted molar refractivity (Wildman–Crippen MR) is 86.8 cm³/mol. The van der Waals surface area contributed by atoms with E-state index in [-0.39, 0.29) is 0 Å². The third-order valence-electron chi connectivity index (χ3n) is 3.78. The molecule has 122 valence electrons. The highest BCUT2D eigenvalue weighted by Gasteiger charge is 2.22. The number of carbonyl (C=O) groups excluding carboxylic acids is 1. The highest BCUT2D eigenvalue weighted by atomic mass is 16.4. The third-order valence-corrected chi connectivity index (χ3v) is 3.78. The zero-order valence-electron chi connectivity index (χ0n) is 13.5. The van der Waals surface area contributed by atoms with Crippen LogP contribution in [-0.2, 0) is 4.79 Å². The lowest BCUT2D eigenvalue weighted by atomic mass is 10.1. The molecule has 0 aliphatic heterocycles. The number of para-hydroxylation sites is 1. The summed E-state index contributed by atoms with van der Waals surface area (Å²) in [5, 5.41) is 16.0. The fourth-order valence-corrected chi connectivity index (χ4v) is 2.46. The lowest BCUT2D eigenvalue weighted by Crippen LogP contribution is -2.40. The summed E-state index contributed by atoms with van der Waals surface area (Å²) in [4.78, 5) is 23.5. The van der Waals surface area contributed by atoms with Gasteiger partial charge in [-0.1, -0.05) is 31.5 Å². The van der Waals surface area contributed by atoms with Crippen molar-refractivity contribution in [2.45, 2.75) is 39.7 Å². The molecule has 1 heterocycles. The summed E-state index contributed by atoms with van der Waals surface area (Å²) in [5.41, 5.74) is 3.00. The maximum Gasteiger partial charge on any atom is 0.326 e. The number of carboxylic acids is 1. The number of aromatic nitrogens is 2. The van der Waals surface area contributed by atoms with Crippen molar-refractivity contribution in [1.29, 1.82) is 0 Å². The van der Waals surface area contributed by atoms with Crippen LogP contribution in [-0.4, -0.2) is 32.8 Å². The Balaban J connectivity index is 2.27. The second-order valence-electron chi connectivity index (χ2n) is 5.49. The lowest BCUT2D eigenvalue weighted by Gasteiger charge is -2.13. The Bertz CT molecular complexity index is 722. The molecule has 0 spiro atoms. The first-order valence-corrected chi connectivity index (χ1v) is 7.60. The monoisotopic (exact) mass is 315 g/mol. The van der Waals surface area contributed by atoms with E-state index in [0.717, 1.165) is 11.3 Å². The molecule has 1 unspecified atom stereocenters. The van der Waals surface area contributed by atoms with Gasteiger partial charge in [0, 0.05) is 0 Å². The highest BCUT2D eigenvalue weighted by Crippen LogP contribution is 2.17. The minimum absolute atomic E-state index is 0.385. The number of benzene rings is 1. The van der Waals surface area contributed by atoms with E-state index in [9.17, 15) is 9.59 Å². The van der Waals surface area contributed by atoms with Gasteiger partial charge in [-0.3, -0.25) is 4.79 Å². The van der Waals surface area contributed by atoms with Crippen molar-refractivity contribution in [1.82, 2.24) is 15.1 Å². The van der Waals surface area contributed by atoms with Gasteiger partial charge in [-0.05, 0) is 31.9 Å².